The third-order valence-corrected chi connectivity index (χ3v) is 2.44. The number of rotatable bonds is 1. The molecule has 0 saturated carbocycles. The van der Waals surface area contributed by atoms with E-state index in [0.29, 0.717) is 5.15 Å². The van der Waals surface area contributed by atoms with Gasteiger partial charge in [0.1, 0.15) is 10.9 Å². The Labute approximate surface area is 93.2 Å². The van der Waals surface area contributed by atoms with Crippen molar-refractivity contribution in [1.82, 2.24) is 4.98 Å². The van der Waals surface area contributed by atoms with Gasteiger partial charge in [0.2, 0.25) is 0 Å². The number of pyridine rings is 1. The molecule has 3 heteroatoms. The van der Waals surface area contributed by atoms with Gasteiger partial charge in [0.15, 0.2) is 0 Å². The highest BCUT2D eigenvalue weighted by molar-refractivity contribution is 6.29. The summed E-state index contributed by atoms with van der Waals surface area (Å²) in [5.41, 5.74) is 2.93. The SMILES string of the molecule is Cc1nc(Cl)ccc1-c1ccc(O)cc1. The summed E-state index contributed by atoms with van der Waals surface area (Å²) in [4.78, 5) is 4.18. The lowest BCUT2D eigenvalue weighted by atomic mass is 10.0. The number of aromatic hydroxyl groups is 1. The van der Waals surface area contributed by atoms with Crippen molar-refractivity contribution >= 4 is 11.6 Å². The lowest BCUT2D eigenvalue weighted by molar-refractivity contribution is 0.475. The summed E-state index contributed by atoms with van der Waals surface area (Å²) in [6, 6.07) is 10.7. The molecule has 0 bridgehead atoms. The van der Waals surface area contributed by atoms with Crippen LogP contribution >= 0.6 is 11.6 Å². The second-order valence-electron chi connectivity index (χ2n) is 3.31. The summed E-state index contributed by atoms with van der Waals surface area (Å²) in [5, 5.41) is 9.68. The van der Waals surface area contributed by atoms with E-state index >= 15 is 0 Å². The molecule has 76 valence electrons. The Hall–Kier alpha value is -1.54. The van der Waals surface area contributed by atoms with E-state index in [9.17, 15) is 5.11 Å². The standard InChI is InChI=1S/C12H10ClNO/c1-8-11(6-7-12(13)14-8)9-2-4-10(15)5-3-9/h2-7,15H,1H3. The summed E-state index contributed by atoms with van der Waals surface area (Å²) < 4.78 is 0. The number of hydrogen-bond donors (Lipinski definition) is 1. The molecule has 0 unspecified atom stereocenters. The Bertz CT molecular complexity index is 479. The van der Waals surface area contributed by atoms with E-state index in [4.69, 9.17) is 11.6 Å². The van der Waals surface area contributed by atoms with E-state index in [1.165, 1.54) is 0 Å². The third-order valence-electron chi connectivity index (χ3n) is 2.23. The molecule has 0 atom stereocenters. The zero-order valence-corrected chi connectivity index (χ0v) is 8.99. The summed E-state index contributed by atoms with van der Waals surface area (Å²) in [5.74, 6) is 0.262. The molecule has 0 saturated heterocycles. The van der Waals surface area contributed by atoms with Crippen LogP contribution in [0.2, 0.25) is 5.15 Å². The minimum atomic E-state index is 0.262. The Balaban J connectivity index is 2.49. The Morgan fingerprint density at radius 1 is 1.07 bits per heavy atom. The van der Waals surface area contributed by atoms with Crippen LogP contribution in [0.4, 0.5) is 0 Å². The predicted molar refractivity (Wildman–Crippen MR) is 61.1 cm³/mol. The van der Waals surface area contributed by atoms with Crippen molar-refractivity contribution in [2.24, 2.45) is 0 Å². The zero-order valence-electron chi connectivity index (χ0n) is 8.24. The molecule has 2 aromatic rings. The van der Waals surface area contributed by atoms with Gasteiger partial charge in [-0.25, -0.2) is 4.98 Å². The Morgan fingerprint density at radius 2 is 1.73 bits per heavy atom. The molecule has 0 spiro atoms. The van der Waals surface area contributed by atoms with Crippen molar-refractivity contribution in [3.63, 3.8) is 0 Å². The van der Waals surface area contributed by atoms with Crippen LogP contribution < -0.4 is 0 Å². The molecule has 1 N–H and O–H groups in total. The molecular formula is C12H10ClNO. The maximum Gasteiger partial charge on any atom is 0.129 e. The number of nitrogens with zero attached hydrogens (tertiary/aromatic N) is 1. The molecular weight excluding hydrogens is 210 g/mol. The number of halogens is 1. The molecule has 0 aliphatic rings. The fourth-order valence-electron chi connectivity index (χ4n) is 1.48. The van der Waals surface area contributed by atoms with E-state index < -0.39 is 0 Å². The lowest BCUT2D eigenvalue weighted by Gasteiger charge is -2.05. The van der Waals surface area contributed by atoms with E-state index in [1.807, 2.05) is 25.1 Å². The van der Waals surface area contributed by atoms with Crippen molar-refractivity contribution in [3.8, 4) is 16.9 Å². The van der Waals surface area contributed by atoms with Gasteiger partial charge in [-0.2, -0.15) is 0 Å². The number of aryl methyl sites for hydroxylation is 1. The quantitative estimate of drug-likeness (QED) is 0.746. The zero-order chi connectivity index (χ0) is 10.8. The summed E-state index contributed by atoms with van der Waals surface area (Å²) in [7, 11) is 0. The minimum absolute atomic E-state index is 0.262. The maximum absolute atomic E-state index is 9.18. The summed E-state index contributed by atoms with van der Waals surface area (Å²) >= 11 is 5.78. The Morgan fingerprint density at radius 3 is 2.33 bits per heavy atom. The van der Waals surface area contributed by atoms with Gasteiger partial charge in [0.25, 0.3) is 0 Å². The molecule has 0 aliphatic carbocycles. The van der Waals surface area contributed by atoms with E-state index in [-0.39, 0.29) is 5.75 Å². The topological polar surface area (TPSA) is 33.1 Å². The van der Waals surface area contributed by atoms with Gasteiger partial charge in [-0.05, 0) is 36.8 Å². The first-order valence-electron chi connectivity index (χ1n) is 4.59. The van der Waals surface area contributed by atoms with Crippen LogP contribution in [0.15, 0.2) is 36.4 Å². The van der Waals surface area contributed by atoms with Crippen molar-refractivity contribution in [2.45, 2.75) is 6.92 Å². The van der Waals surface area contributed by atoms with Crippen molar-refractivity contribution < 1.29 is 5.11 Å². The van der Waals surface area contributed by atoms with Gasteiger partial charge in [-0.3, -0.25) is 0 Å². The van der Waals surface area contributed by atoms with E-state index in [2.05, 4.69) is 4.98 Å². The van der Waals surface area contributed by atoms with Crippen LogP contribution in [0.5, 0.6) is 5.75 Å². The van der Waals surface area contributed by atoms with Crippen molar-refractivity contribution in [2.75, 3.05) is 0 Å². The number of aromatic nitrogens is 1. The molecule has 1 aromatic heterocycles. The van der Waals surface area contributed by atoms with Gasteiger partial charge >= 0.3 is 0 Å². The van der Waals surface area contributed by atoms with Gasteiger partial charge in [0.05, 0.1) is 0 Å². The smallest absolute Gasteiger partial charge is 0.129 e. The van der Waals surface area contributed by atoms with E-state index in [0.717, 1.165) is 16.8 Å². The van der Waals surface area contributed by atoms with Crippen LogP contribution in [0.3, 0.4) is 0 Å². The number of benzene rings is 1. The summed E-state index contributed by atoms with van der Waals surface area (Å²) in [6.45, 7) is 1.91. The molecule has 2 nitrogen and oxygen atoms in total. The average molecular weight is 220 g/mol. The summed E-state index contributed by atoms with van der Waals surface area (Å²) in [6.07, 6.45) is 0. The fraction of sp³-hybridized carbons (Fsp3) is 0.0833. The van der Waals surface area contributed by atoms with Crippen LogP contribution in [-0.4, -0.2) is 10.1 Å². The molecule has 0 amide bonds. The number of phenolic OH excluding ortho intramolecular Hbond substituents is 1. The molecule has 2 rings (SSSR count). The first-order chi connectivity index (χ1) is 7.16. The highest BCUT2D eigenvalue weighted by Gasteiger charge is 2.03. The van der Waals surface area contributed by atoms with Crippen LogP contribution in [0.1, 0.15) is 5.69 Å². The largest absolute Gasteiger partial charge is 0.508 e. The van der Waals surface area contributed by atoms with Gasteiger partial charge in [-0.15, -0.1) is 0 Å². The number of phenols is 1. The van der Waals surface area contributed by atoms with Crippen LogP contribution in [0.25, 0.3) is 11.1 Å². The average Bonchev–Trinajstić information content (AvgIpc) is 2.20. The van der Waals surface area contributed by atoms with Crippen molar-refractivity contribution in [1.29, 1.82) is 0 Å². The molecule has 0 aliphatic heterocycles. The molecule has 0 radical (unpaired) electrons. The maximum atomic E-state index is 9.18. The first kappa shape index (κ1) is 9.99. The van der Waals surface area contributed by atoms with Gasteiger partial charge < -0.3 is 5.11 Å². The molecule has 15 heavy (non-hydrogen) atoms. The molecule has 0 fully saturated rings. The predicted octanol–water partition coefficient (Wildman–Crippen LogP) is 3.42. The van der Waals surface area contributed by atoms with Gasteiger partial charge in [-0.1, -0.05) is 23.7 Å². The minimum Gasteiger partial charge on any atom is -0.508 e. The van der Waals surface area contributed by atoms with E-state index in [1.54, 1.807) is 18.2 Å². The number of hydrogen-bond acceptors (Lipinski definition) is 2. The van der Waals surface area contributed by atoms with Crippen LogP contribution in [0, 0.1) is 6.92 Å². The second-order valence-corrected chi connectivity index (χ2v) is 3.70. The van der Waals surface area contributed by atoms with Crippen molar-refractivity contribution in [3.05, 3.63) is 47.2 Å². The lowest BCUT2D eigenvalue weighted by Crippen LogP contribution is -1.87. The van der Waals surface area contributed by atoms with Gasteiger partial charge in [0, 0.05) is 11.3 Å². The second kappa shape index (κ2) is 3.91. The first-order valence-corrected chi connectivity index (χ1v) is 4.97. The van der Waals surface area contributed by atoms with Crippen LogP contribution in [-0.2, 0) is 0 Å². The third kappa shape index (κ3) is 2.10. The molecule has 1 aromatic carbocycles. The monoisotopic (exact) mass is 219 g/mol. The fourth-order valence-corrected chi connectivity index (χ4v) is 1.67. The highest BCUT2D eigenvalue weighted by atomic mass is 35.5. The molecule has 1 heterocycles. The normalized spacial score (nSPS) is 10.3. The Kier molecular flexibility index (Phi) is 2.60. The highest BCUT2D eigenvalue weighted by Crippen LogP contribution is 2.25.